The first kappa shape index (κ1) is 16.5. The highest BCUT2D eigenvalue weighted by Gasteiger charge is 2.12. The van der Waals surface area contributed by atoms with Gasteiger partial charge in [-0.2, -0.15) is 11.8 Å². The fraction of sp³-hybridized carbons (Fsp3) is 0.412. The van der Waals surface area contributed by atoms with Gasteiger partial charge in [0.1, 0.15) is 18.1 Å². The van der Waals surface area contributed by atoms with E-state index in [1.807, 2.05) is 11.8 Å². The predicted octanol–water partition coefficient (Wildman–Crippen LogP) is 3.79. The van der Waals surface area contributed by atoms with E-state index >= 15 is 0 Å². The van der Waals surface area contributed by atoms with Gasteiger partial charge in [0.05, 0.1) is 6.61 Å². The van der Waals surface area contributed by atoms with E-state index < -0.39 is 0 Å². The number of hydrogen-bond acceptors (Lipinski definition) is 3. The average molecular weight is 324 g/mol. The molecule has 0 saturated heterocycles. The highest BCUT2D eigenvalue weighted by atomic mass is 32.2. The van der Waals surface area contributed by atoms with Crippen LogP contribution in [0.4, 0.5) is 0 Å². The molecule has 2 aromatic rings. The summed E-state index contributed by atoms with van der Waals surface area (Å²) in [6, 6.07) is 12.8. The van der Waals surface area contributed by atoms with Crippen molar-refractivity contribution < 1.29 is 9.47 Å². The maximum absolute atomic E-state index is 5.83. The lowest BCUT2D eigenvalue weighted by Gasteiger charge is -2.09. The molecule has 0 aromatic heterocycles. The minimum absolute atomic E-state index is 0.588. The number of ether oxygens (including phenoxy) is 2. The summed E-state index contributed by atoms with van der Waals surface area (Å²) in [5, 5.41) is 2.50. The average Bonchev–Trinajstić information content (AvgIpc) is 2.53. The maximum Gasteiger partial charge on any atom is 0.160 e. The quantitative estimate of drug-likeness (QED) is 0.397. The molecule has 0 unspecified atom stereocenters. The Bertz CT molecular complexity index is 557. The first-order valence-electron chi connectivity index (χ1n) is 7.25. The Morgan fingerprint density at radius 3 is 2.62 bits per heavy atom. The molecule has 0 amide bonds. The Morgan fingerprint density at radius 2 is 1.86 bits per heavy atom. The van der Waals surface area contributed by atoms with Gasteiger partial charge in [-0.05, 0) is 24.0 Å². The molecule has 2 nitrogen and oxygen atoms in total. The summed E-state index contributed by atoms with van der Waals surface area (Å²) in [5.41, 5.74) is 0. The van der Waals surface area contributed by atoms with E-state index in [4.69, 9.17) is 9.47 Å². The Balaban J connectivity index is 2.14. The van der Waals surface area contributed by atoms with Gasteiger partial charge in [0.15, 0.2) is 4.90 Å². The van der Waals surface area contributed by atoms with Crippen LogP contribution < -0.4 is 4.74 Å². The van der Waals surface area contributed by atoms with E-state index in [1.54, 1.807) is 7.11 Å². The van der Waals surface area contributed by atoms with Crippen LogP contribution in [-0.4, -0.2) is 37.6 Å². The molecule has 0 heterocycles. The molecule has 0 atom stereocenters. The summed E-state index contributed by atoms with van der Waals surface area (Å²) in [5.74, 6) is 4.57. The normalized spacial score (nSPS) is 11.0. The van der Waals surface area contributed by atoms with Gasteiger partial charge in [-0.3, -0.25) is 0 Å². The molecule has 21 heavy (non-hydrogen) atoms. The van der Waals surface area contributed by atoms with Crippen molar-refractivity contribution in [2.45, 2.75) is 11.8 Å². The van der Waals surface area contributed by atoms with Crippen molar-refractivity contribution in [3.63, 3.8) is 0 Å². The molecule has 2 aromatic carbocycles. The van der Waals surface area contributed by atoms with Crippen molar-refractivity contribution in [3.05, 3.63) is 36.4 Å². The summed E-state index contributed by atoms with van der Waals surface area (Å²) < 4.78 is 10.9. The molecule has 0 aliphatic rings. The lowest BCUT2D eigenvalue weighted by Crippen LogP contribution is -2.05. The van der Waals surface area contributed by atoms with Gasteiger partial charge in [-0.25, -0.2) is 0 Å². The smallest absolute Gasteiger partial charge is 0.160 e. The Kier molecular flexibility index (Phi) is 7.27. The SMILES string of the molecule is CCSCC[SH+]c1ccc(OCCOC)c2ccccc12. The molecule has 4 heteroatoms. The summed E-state index contributed by atoms with van der Waals surface area (Å²) in [6.45, 7) is 3.41. The van der Waals surface area contributed by atoms with Crippen molar-refractivity contribution in [3.8, 4) is 5.75 Å². The Hall–Kier alpha value is -0.840. The number of rotatable bonds is 9. The first-order valence-corrected chi connectivity index (χ1v) is 9.49. The van der Waals surface area contributed by atoms with Crippen LogP contribution in [-0.2, 0) is 16.5 Å². The molecule has 0 radical (unpaired) electrons. The number of methoxy groups -OCH3 is 1. The molecular weight excluding hydrogens is 300 g/mol. The zero-order valence-corrected chi connectivity index (χ0v) is 14.4. The van der Waals surface area contributed by atoms with Gasteiger partial charge < -0.3 is 9.47 Å². The van der Waals surface area contributed by atoms with Crippen molar-refractivity contribution >= 4 is 34.3 Å². The summed E-state index contributed by atoms with van der Waals surface area (Å²) in [4.78, 5) is 1.39. The number of benzene rings is 2. The van der Waals surface area contributed by atoms with Crippen LogP contribution >= 0.6 is 11.8 Å². The molecule has 0 bridgehead atoms. The maximum atomic E-state index is 5.83. The van der Waals surface area contributed by atoms with Crippen LogP contribution in [0.3, 0.4) is 0 Å². The molecule has 0 aliphatic heterocycles. The standard InChI is InChI=1S/C17H22O2S2/c1-3-20-12-13-21-17-9-8-16(19-11-10-18-2)14-6-4-5-7-15(14)17/h4-9H,3,10-13H2,1-2H3/p+1. The molecule has 114 valence electrons. The van der Waals surface area contributed by atoms with E-state index in [1.165, 1.54) is 44.7 Å². The first-order chi connectivity index (χ1) is 10.4. The van der Waals surface area contributed by atoms with Crippen molar-refractivity contribution in [1.82, 2.24) is 0 Å². The zero-order chi connectivity index (χ0) is 14.9. The molecule has 0 saturated carbocycles. The largest absolute Gasteiger partial charge is 0.491 e. The highest BCUT2D eigenvalue weighted by Crippen LogP contribution is 2.29. The number of thiol groups is 1. The lowest BCUT2D eigenvalue weighted by atomic mass is 10.1. The van der Waals surface area contributed by atoms with E-state index in [0.717, 1.165) is 5.75 Å². The minimum Gasteiger partial charge on any atom is -0.491 e. The van der Waals surface area contributed by atoms with Crippen LogP contribution in [0.2, 0.25) is 0 Å². The summed E-state index contributed by atoms with van der Waals surface area (Å²) in [7, 11) is 1.69. The molecule has 0 N–H and O–H groups in total. The van der Waals surface area contributed by atoms with E-state index in [2.05, 4.69) is 43.3 Å². The Labute approximate surface area is 135 Å². The number of hydrogen-bond donors (Lipinski definition) is 0. The van der Waals surface area contributed by atoms with Gasteiger partial charge in [0.2, 0.25) is 0 Å². The van der Waals surface area contributed by atoms with Crippen molar-refractivity contribution in [1.29, 1.82) is 0 Å². The molecule has 0 fully saturated rings. The monoisotopic (exact) mass is 323 g/mol. The second-order valence-corrected chi connectivity index (χ2v) is 7.19. The van der Waals surface area contributed by atoms with Gasteiger partial charge >= 0.3 is 0 Å². The fourth-order valence-electron chi connectivity index (χ4n) is 2.13. The molecular formula is C17H23O2S2+. The Morgan fingerprint density at radius 1 is 1.05 bits per heavy atom. The zero-order valence-electron chi connectivity index (χ0n) is 12.7. The lowest BCUT2D eigenvalue weighted by molar-refractivity contribution is 0.147. The predicted molar refractivity (Wildman–Crippen MR) is 96.2 cm³/mol. The van der Waals surface area contributed by atoms with Crippen molar-refractivity contribution in [2.75, 3.05) is 37.6 Å². The van der Waals surface area contributed by atoms with Gasteiger partial charge in [-0.15, -0.1) is 0 Å². The van der Waals surface area contributed by atoms with Crippen LogP contribution in [0.15, 0.2) is 41.3 Å². The third-order valence-corrected chi connectivity index (χ3v) is 5.51. The van der Waals surface area contributed by atoms with Crippen LogP contribution in [0.25, 0.3) is 10.8 Å². The fourth-order valence-corrected chi connectivity index (χ4v) is 4.09. The van der Waals surface area contributed by atoms with E-state index in [9.17, 15) is 0 Å². The van der Waals surface area contributed by atoms with E-state index in [-0.39, 0.29) is 0 Å². The van der Waals surface area contributed by atoms with Crippen LogP contribution in [0.5, 0.6) is 5.75 Å². The number of thioether (sulfide) groups is 1. The molecule has 0 aliphatic carbocycles. The van der Waals surface area contributed by atoms with E-state index in [0.29, 0.717) is 13.2 Å². The molecule has 2 rings (SSSR count). The summed E-state index contributed by atoms with van der Waals surface area (Å²) in [6.07, 6.45) is 0. The highest BCUT2D eigenvalue weighted by molar-refractivity contribution is 7.99. The minimum atomic E-state index is 0.588. The number of fused-ring (bicyclic) bond motifs is 1. The third kappa shape index (κ3) is 4.83. The van der Waals surface area contributed by atoms with Gasteiger partial charge in [0.25, 0.3) is 0 Å². The topological polar surface area (TPSA) is 18.5 Å². The summed E-state index contributed by atoms with van der Waals surface area (Å²) >= 11 is 3.40. The molecule has 0 spiro atoms. The second-order valence-electron chi connectivity index (χ2n) is 4.55. The van der Waals surface area contributed by atoms with Crippen molar-refractivity contribution in [2.24, 2.45) is 0 Å². The van der Waals surface area contributed by atoms with Crippen LogP contribution in [0, 0.1) is 0 Å². The van der Waals surface area contributed by atoms with Crippen LogP contribution in [0.1, 0.15) is 6.92 Å². The second kappa shape index (κ2) is 9.23. The van der Waals surface area contributed by atoms with Gasteiger partial charge in [-0.1, -0.05) is 25.1 Å². The third-order valence-electron chi connectivity index (χ3n) is 3.13. The van der Waals surface area contributed by atoms with Gasteiger partial charge in [0, 0.05) is 35.4 Å².